The lowest BCUT2D eigenvalue weighted by atomic mass is 10.3. The molecule has 1 aromatic rings. The van der Waals surface area contributed by atoms with Gasteiger partial charge in [-0.05, 0) is 37.8 Å². The number of thiophene rings is 1. The van der Waals surface area contributed by atoms with Crippen LogP contribution < -0.4 is 5.32 Å². The van der Waals surface area contributed by atoms with E-state index < -0.39 is 0 Å². The van der Waals surface area contributed by atoms with Gasteiger partial charge in [0.1, 0.15) is 0 Å². The molecule has 0 unspecified atom stereocenters. The minimum atomic E-state index is -0.0677. The van der Waals surface area contributed by atoms with E-state index in [0.29, 0.717) is 13.2 Å². The minimum absolute atomic E-state index is 0.0677. The van der Waals surface area contributed by atoms with Crippen LogP contribution in [0.25, 0.3) is 0 Å². The van der Waals surface area contributed by atoms with Crippen molar-refractivity contribution in [3.05, 3.63) is 21.9 Å². The van der Waals surface area contributed by atoms with Crippen LogP contribution in [0.4, 0.5) is 0 Å². The smallest absolute Gasteiger partial charge is 0.158 e. The molecule has 0 saturated heterocycles. The van der Waals surface area contributed by atoms with Gasteiger partial charge in [0, 0.05) is 37.6 Å². The van der Waals surface area contributed by atoms with Gasteiger partial charge in [-0.3, -0.25) is 0 Å². The standard InChI is InChI=1S/C13H23NO2S/c1-4-15-13(16-5-2)6-8-14-10-12-11(3)7-9-17-12/h7,9,13-14H,4-6,8,10H2,1-3H3. The van der Waals surface area contributed by atoms with Gasteiger partial charge in [0.2, 0.25) is 0 Å². The highest BCUT2D eigenvalue weighted by molar-refractivity contribution is 7.10. The van der Waals surface area contributed by atoms with Gasteiger partial charge in [0.25, 0.3) is 0 Å². The van der Waals surface area contributed by atoms with Crippen molar-refractivity contribution in [1.82, 2.24) is 5.32 Å². The Labute approximate surface area is 108 Å². The zero-order chi connectivity index (χ0) is 12.5. The lowest BCUT2D eigenvalue weighted by Gasteiger charge is -2.16. The summed E-state index contributed by atoms with van der Waals surface area (Å²) in [5, 5.41) is 5.56. The first kappa shape index (κ1) is 14.6. The Morgan fingerprint density at radius 1 is 1.29 bits per heavy atom. The number of ether oxygens (including phenoxy) is 2. The fourth-order valence-electron chi connectivity index (χ4n) is 1.59. The van der Waals surface area contributed by atoms with Gasteiger partial charge in [-0.15, -0.1) is 11.3 Å². The number of hydrogen-bond donors (Lipinski definition) is 1. The number of rotatable bonds is 9. The second-order valence-electron chi connectivity index (χ2n) is 3.83. The largest absolute Gasteiger partial charge is 0.353 e. The molecular formula is C13H23NO2S. The molecule has 0 aliphatic rings. The van der Waals surface area contributed by atoms with Crippen molar-refractivity contribution >= 4 is 11.3 Å². The Hall–Kier alpha value is -0.420. The van der Waals surface area contributed by atoms with E-state index in [1.807, 2.05) is 13.8 Å². The summed E-state index contributed by atoms with van der Waals surface area (Å²) in [5.74, 6) is 0. The highest BCUT2D eigenvalue weighted by Gasteiger charge is 2.07. The quantitative estimate of drug-likeness (QED) is 0.545. The summed E-state index contributed by atoms with van der Waals surface area (Å²) in [6, 6.07) is 2.16. The van der Waals surface area contributed by atoms with E-state index >= 15 is 0 Å². The average molecular weight is 257 g/mol. The van der Waals surface area contributed by atoms with Crippen LogP contribution in [-0.4, -0.2) is 26.0 Å². The molecule has 0 fully saturated rings. The molecule has 1 N–H and O–H groups in total. The topological polar surface area (TPSA) is 30.5 Å². The highest BCUT2D eigenvalue weighted by atomic mass is 32.1. The lowest BCUT2D eigenvalue weighted by Crippen LogP contribution is -2.24. The molecule has 0 radical (unpaired) electrons. The van der Waals surface area contributed by atoms with Crippen molar-refractivity contribution in [2.24, 2.45) is 0 Å². The van der Waals surface area contributed by atoms with Crippen LogP contribution in [-0.2, 0) is 16.0 Å². The van der Waals surface area contributed by atoms with Crippen LogP contribution in [0.3, 0.4) is 0 Å². The molecule has 0 bridgehead atoms. The molecular weight excluding hydrogens is 234 g/mol. The van der Waals surface area contributed by atoms with Crippen LogP contribution >= 0.6 is 11.3 Å². The van der Waals surface area contributed by atoms with Crippen LogP contribution in [0.2, 0.25) is 0 Å². The summed E-state index contributed by atoms with van der Waals surface area (Å²) in [5.41, 5.74) is 1.37. The maximum absolute atomic E-state index is 5.48. The third-order valence-corrected chi connectivity index (χ3v) is 3.54. The molecule has 0 aliphatic heterocycles. The fraction of sp³-hybridized carbons (Fsp3) is 0.692. The number of aryl methyl sites for hydroxylation is 1. The van der Waals surface area contributed by atoms with Gasteiger partial charge < -0.3 is 14.8 Å². The summed E-state index contributed by atoms with van der Waals surface area (Å²) in [6.07, 6.45) is 0.827. The molecule has 17 heavy (non-hydrogen) atoms. The molecule has 0 aliphatic carbocycles. The summed E-state index contributed by atoms with van der Waals surface area (Å²) in [4.78, 5) is 1.41. The van der Waals surface area contributed by atoms with Crippen LogP contribution in [0.15, 0.2) is 11.4 Å². The maximum Gasteiger partial charge on any atom is 0.158 e. The van der Waals surface area contributed by atoms with Crippen LogP contribution in [0, 0.1) is 6.92 Å². The van der Waals surface area contributed by atoms with Gasteiger partial charge in [-0.25, -0.2) is 0 Å². The van der Waals surface area contributed by atoms with Gasteiger partial charge in [-0.2, -0.15) is 0 Å². The Kier molecular flexibility index (Phi) is 7.44. The van der Waals surface area contributed by atoms with E-state index in [1.165, 1.54) is 10.4 Å². The molecule has 1 rings (SSSR count). The van der Waals surface area contributed by atoms with Crippen molar-refractivity contribution in [3.8, 4) is 0 Å². The zero-order valence-electron chi connectivity index (χ0n) is 11.0. The van der Waals surface area contributed by atoms with E-state index in [-0.39, 0.29) is 6.29 Å². The van der Waals surface area contributed by atoms with Crippen LogP contribution in [0.1, 0.15) is 30.7 Å². The predicted molar refractivity (Wildman–Crippen MR) is 72.4 cm³/mol. The minimum Gasteiger partial charge on any atom is -0.353 e. The summed E-state index contributed by atoms with van der Waals surface area (Å²) in [6.45, 7) is 9.40. The van der Waals surface area contributed by atoms with Crippen molar-refractivity contribution in [1.29, 1.82) is 0 Å². The second kappa shape index (κ2) is 8.64. The zero-order valence-corrected chi connectivity index (χ0v) is 11.8. The molecule has 3 nitrogen and oxygen atoms in total. The molecule has 0 spiro atoms. The molecule has 4 heteroatoms. The molecule has 0 amide bonds. The first-order valence-corrected chi connectivity index (χ1v) is 7.12. The van der Waals surface area contributed by atoms with Crippen molar-refractivity contribution in [2.75, 3.05) is 19.8 Å². The Bertz CT molecular complexity index is 295. The Morgan fingerprint density at radius 2 is 2.00 bits per heavy atom. The second-order valence-corrected chi connectivity index (χ2v) is 4.83. The Balaban J connectivity index is 2.15. The monoisotopic (exact) mass is 257 g/mol. The van der Waals surface area contributed by atoms with Gasteiger partial charge in [0.05, 0.1) is 0 Å². The molecule has 0 saturated carbocycles. The first-order chi connectivity index (χ1) is 8.27. The van der Waals surface area contributed by atoms with Gasteiger partial charge >= 0.3 is 0 Å². The maximum atomic E-state index is 5.48. The fourth-order valence-corrected chi connectivity index (χ4v) is 2.47. The van der Waals surface area contributed by atoms with E-state index in [4.69, 9.17) is 9.47 Å². The molecule has 0 aromatic carbocycles. The number of hydrogen-bond acceptors (Lipinski definition) is 4. The van der Waals surface area contributed by atoms with E-state index in [9.17, 15) is 0 Å². The molecule has 1 aromatic heterocycles. The molecule has 1 heterocycles. The van der Waals surface area contributed by atoms with Gasteiger partial charge in [0.15, 0.2) is 6.29 Å². The molecule has 98 valence electrons. The van der Waals surface area contributed by atoms with E-state index in [2.05, 4.69) is 23.7 Å². The predicted octanol–water partition coefficient (Wildman–Crippen LogP) is 2.94. The van der Waals surface area contributed by atoms with Crippen molar-refractivity contribution in [2.45, 2.75) is 40.0 Å². The van der Waals surface area contributed by atoms with Crippen LogP contribution in [0.5, 0.6) is 0 Å². The highest BCUT2D eigenvalue weighted by Crippen LogP contribution is 2.14. The number of nitrogens with one attached hydrogen (secondary N) is 1. The third kappa shape index (κ3) is 5.64. The summed E-state index contributed by atoms with van der Waals surface area (Å²) < 4.78 is 11.0. The van der Waals surface area contributed by atoms with E-state index in [0.717, 1.165) is 19.5 Å². The van der Waals surface area contributed by atoms with E-state index in [1.54, 1.807) is 11.3 Å². The van der Waals surface area contributed by atoms with Crippen molar-refractivity contribution in [3.63, 3.8) is 0 Å². The van der Waals surface area contributed by atoms with Crippen molar-refractivity contribution < 1.29 is 9.47 Å². The average Bonchev–Trinajstić information content (AvgIpc) is 2.71. The molecule has 0 atom stereocenters. The normalized spacial score (nSPS) is 11.3. The van der Waals surface area contributed by atoms with Gasteiger partial charge in [-0.1, -0.05) is 0 Å². The summed E-state index contributed by atoms with van der Waals surface area (Å²) in [7, 11) is 0. The Morgan fingerprint density at radius 3 is 2.53 bits per heavy atom. The first-order valence-electron chi connectivity index (χ1n) is 6.24. The lowest BCUT2D eigenvalue weighted by molar-refractivity contribution is -0.138. The summed E-state index contributed by atoms with van der Waals surface area (Å²) >= 11 is 1.80. The SMILES string of the molecule is CCOC(CCNCc1sccc1C)OCC. The third-order valence-electron chi connectivity index (χ3n) is 2.52.